The molecule has 2 aromatic carbocycles. The van der Waals surface area contributed by atoms with E-state index in [4.69, 9.17) is 0 Å². The highest BCUT2D eigenvalue weighted by atomic mass is 32.2. The van der Waals surface area contributed by atoms with Crippen LogP contribution in [0.25, 0.3) is 0 Å². The van der Waals surface area contributed by atoms with Crippen molar-refractivity contribution in [2.75, 3.05) is 0 Å². The van der Waals surface area contributed by atoms with Crippen molar-refractivity contribution in [2.24, 2.45) is 0 Å². The summed E-state index contributed by atoms with van der Waals surface area (Å²) in [4.78, 5) is -0.0693. The molecule has 2 aromatic rings. The highest BCUT2D eigenvalue weighted by Crippen LogP contribution is 2.11. The van der Waals surface area contributed by atoms with Crippen LogP contribution in [0.1, 0.15) is 11.1 Å². The number of hydrogen-bond acceptors (Lipinski definition) is 2. The number of hydrogen-bond donors (Lipinski definition) is 1. The quantitative estimate of drug-likeness (QED) is 0.935. The Bertz CT molecular complexity index is 683. The van der Waals surface area contributed by atoms with Gasteiger partial charge >= 0.3 is 0 Å². The molecule has 5 heteroatoms. The Hall–Kier alpha value is -1.72. The van der Waals surface area contributed by atoms with Gasteiger partial charge in [-0.05, 0) is 30.7 Å². The third-order valence-electron chi connectivity index (χ3n) is 2.66. The molecule has 0 bridgehead atoms. The summed E-state index contributed by atoms with van der Waals surface area (Å²) in [5, 5.41) is 0. The highest BCUT2D eigenvalue weighted by molar-refractivity contribution is 7.89. The smallest absolute Gasteiger partial charge is 0.207 e. The van der Waals surface area contributed by atoms with Gasteiger partial charge in [0.2, 0.25) is 10.0 Å². The van der Waals surface area contributed by atoms with Crippen LogP contribution in [-0.4, -0.2) is 8.42 Å². The molecule has 3 nitrogen and oxygen atoms in total. The summed E-state index contributed by atoms with van der Waals surface area (Å²) in [6.45, 7) is 2.12. The Balaban J connectivity index is 2.14. The molecule has 0 aliphatic carbocycles. The van der Waals surface area contributed by atoms with Crippen LogP contribution in [0.3, 0.4) is 0 Å². The van der Waals surface area contributed by atoms with Gasteiger partial charge < -0.3 is 0 Å². The van der Waals surface area contributed by atoms with Gasteiger partial charge in [0.25, 0.3) is 0 Å². The molecule has 1 N–H and O–H groups in total. The molecule has 0 spiro atoms. The molecule has 0 atom stereocenters. The molecule has 0 saturated heterocycles. The summed E-state index contributed by atoms with van der Waals surface area (Å²) in [5.41, 5.74) is 1.92. The fourth-order valence-corrected chi connectivity index (χ4v) is 2.77. The number of nitrogens with one attached hydrogen (secondary N) is 1. The average Bonchev–Trinajstić information content (AvgIpc) is 2.37. The first-order chi connectivity index (χ1) is 8.97. The van der Waals surface area contributed by atoms with Crippen molar-refractivity contribution in [1.82, 2.24) is 4.72 Å². The second-order valence-electron chi connectivity index (χ2n) is 4.27. The lowest BCUT2D eigenvalue weighted by Crippen LogP contribution is -2.23. The van der Waals surface area contributed by atoms with Crippen LogP contribution >= 0.6 is 0 Å². The van der Waals surface area contributed by atoms with E-state index >= 15 is 0 Å². The van der Waals surface area contributed by atoms with Crippen molar-refractivity contribution in [2.45, 2.75) is 18.4 Å². The lowest BCUT2D eigenvalue weighted by Gasteiger charge is -2.07. The van der Waals surface area contributed by atoms with Crippen molar-refractivity contribution in [3.63, 3.8) is 0 Å². The lowest BCUT2D eigenvalue weighted by atomic mass is 10.1. The molecule has 0 saturated carbocycles. The SMILES string of the molecule is Cc1cccc(CNS(=O)(=O)c2cccc(F)c2)c1. The van der Waals surface area contributed by atoms with E-state index in [0.717, 1.165) is 17.2 Å². The largest absolute Gasteiger partial charge is 0.240 e. The Morgan fingerprint density at radius 3 is 2.53 bits per heavy atom. The van der Waals surface area contributed by atoms with Crippen molar-refractivity contribution < 1.29 is 12.8 Å². The Labute approximate surface area is 112 Å². The van der Waals surface area contributed by atoms with Gasteiger partial charge in [-0.15, -0.1) is 0 Å². The van der Waals surface area contributed by atoms with E-state index in [1.54, 1.807) is 0 Å². The van der Waals surface area contributed by atoms with Gasteiger partial charge in [0.1, 0.15) is 5.82 Å². The van der Waals surface area contributed by atoms with Gasteiger partial charge in [-0.1, -0.05) is 35.9 Å². The Morgan fingerprint density at radius 2 is 1.84 bits per heavy atom. The molecule has 0 unspecified atom stereocenters. The maximum atomic E-state index is 13.0. The summed E-state index contributed by atoms with van der Waals surface area (Å²) in [6.07, 6.45) is 0. The zero-order valence-corrected chi connectivity index (χ0v) is 11.2. The van der Waals surface area contributed by atoms with Gasteiger partial charge in [0, 0.05) is 6.54 Å². The summed E-state index contributed by atoms with van der Waals surface area (Å²) in [7, 11) is -3.68. The van der Waals surface area contributed by atoms with Crippen molar-refractivity contribution in [3.05, 3.63) is 65.5 Å². The summed E-state index contributed by atoms with van der Waals surface area (Å²) >= 11 is 0. The van der Waals surface area contributed by atoms with Crippen LogP contribution in [-0.2, 0) is 16.6 Å². The van der Waals surface area contributed by atoms with Crippen LogP contribution in [0.2, 0.25) is 0 Å². The van der Waals surface area contributed by atoms with Crippen molar-refractivity contribution in [1.29, 1.82) is 0 Å². The minimum absolute atomic E-state index is 0.0693. The van der Waals surface area contributed by atoms with E-state index in [-0.39, 0.29) is 11.4 Å². The molecule has 0 fully saturated rings. The summed E-state index contributed by atoms with van der Waals surface area (Å²) in [6, 6.07) is 12.5. The van der Waals surface area contributed by atoms with Crippen LogP contribution < -0.4 is 4.72 Å². The average molecular weight is 279 g/mol. The standard InChI is InChI=1S/C14H14FNO2S/c1-11-4-2-5-12(8-11)10-16-19(17,18)14-7-3-6-13(15)9-14/h2-9,16H,10H2,1H3. The van der Waals surface area contributed by atoms with Crippen LogP contribution in [0, 0.1) is 12.7 Å². The maximum Gasteiger partial charge on any atom is 0.240 e. The minimum atomic E-state index is -3.68. The van der Waals surface area contributed by atoms with Crippen LogP contribution in [0.5, 0.6) is 0 Å². The third kappa shape index (κ3) is 3.62. The summed E-state index contributed by atoms with van der Waals surface area (Å²) in [5.74, 6) is -0.571. The number of benzene rings is 2. The van der Waals surface area contributed by atoms with Crippen LogP contribution in [0.15, 0.2) is 53.4 Å². The van der Waals surface area contributed by atoms with Gasteiger partial charge in [-0.25, -0.2) is 17.5 Å². The highest BCUT2D eigenvalue weighted by Gasteiger charge is 2.14. The predicted octanol–water partition coefficient (Wildman–Crippen LogP) is 2.61. The Kier molecular flexibility index (Phi) is 3.97. The second kappa shape index (κ2) is 5.50. The second-order valence-corrected chi connectivity index (χ2v) is 6.04. The number of sulfonamides is 1. The van der Waals surface area contributed by atoms with E-state index in [9.17, 15) is 12.8 Å². The molecular formula is C14H14FNO2S. The van der Waals surface area contributed by atoms with Gasteiger partial charge in [-0.2, -0.15) is 0 Å². The zero-order valence-electron chi connectivity index (χ0n) is 10.4. The van der Waals surface area contributed by atoms with Crippen LogP contribution in [0.4, 0.5) is 4.39 Å². The van der Waals surface area contributed by atoms with E-state index in [1.165, 1.54) is 18.2 Å². The van der Waals surface area contributed by atoms with E-state index in [0.29, 0.717) is 0 Å². The van der Waals surface area contributed by atoms with E-state index in [2.05, 4.69) is 4.72 Å². The fraction of sp³-hybridized carbons (Fsp3) is 0.143. The third-order valence-corrected chi connectivity index (χ3v) is 4.05. The first-order valence-electron chi connectivity index (χ1n) is 5.78. The normalized spacial score (nSPS) is 11.5. The molecule has 0 heterocycles. The Morgan fingerprint density at radius 1 is 1.11 bits per heavy atom. The minimum Gasteiger partial charge on any atom is -0.207 e. The monoisotopic (exact) mass is 279 g/mol. The molecule has 100 valence electrons. The molecule has 19 heavy (non-hydrogen) atoms. The van der Waals surface area contributed by atoms with E-state index < -0.39 is 15.8 Å². The van der Waals surface area contributed by atoms with Gasteiger partial charge in [0.15, 0.2) is 0 Å². The molecule has 0 aliphatic rings. The maximum absolute atomic E-state index is 13.0. The summed E-state index contributed by atoms with van der Waals surface area (Å²) < 4.78 is 39.4. The molecule has 2 rings (SSSR count). The molecule has 0 radical (unpaired) electrons. The topological polar surface area (TPSA) is 46.2 Å². The van der Waals surface area contributed by atoms with Crippen molar-refractivity contribution in [3.8, 4) is 0 Å². The molecule has 0 amide bonds. The fourth-order valence-electron chi connectivity index (χ4n) is 1.72. The lowest BCUT2D eigenvalue weighted by molar-refractivity contribution is 0.577. The predicted molar refractivity (Wildman–Crippen MR) is 71.6 cm³/mol. The zero-order chi connectivity index (χ0) is 13.9. The number of rotatable bonds is 4. The molecule has 0 aromatic heterocycles. The van der Waals surface area contributed by atoms with E-state index in [1.807, 2.05) is 31.2 Å². The first-order valence-corrected chi connectivity index (χ1v) is 7.26. The van der Waals surface area contributed by atoms with Crippen molar-refractivity contribution >= 4 is 10.0 Å². The molecular weight excluding hydrogens is 265 g/mol. The number of halogens is 1. The van der Waals surface area contributed by atoms with Gasteiger partial charge in [0.05, 0.1) is 4.90 Å². The number of aryl methyl sites for hydroxylation is 1. The van der Waals surface area contributed by atoms with Gasteiger partial charge in [-0.3, -0.25) is 0 Å². The molecule has 0 aliphatic heterocycles. The first kappa shape index (κ1) is 13.7.